The number of hydrogen-bond acceptors (Lipinski definition) is 5. The van der Waals surface area contributed by atoms with E-state index in [9.17, 15) is 14.7 Å². The van der Waals surface area contributed by atoms with Gasteiger partial charge in [-0.2, -0.15) is 0 Å². The number of hydrogen-bond donors (Lipinski definition) is 1. The van der Waals surface area contributed by atoms with E-state index in [0.717, 1.165) is 16.9 Å². The highest BCUT2D eigenvalue weighted by Crippen LogP contribution is 2.41. The molecule has 5 nitrogen and oxygen atoms in total. The first-order chi connectivity index (χ1) is 14.0. The number of carbonyl (C=O) groups excluding carboxylic acids is 2. The summed E-state index contributed by atoms with van der Waals surface area (Å²) in [7, 11) is 0. The van der Waals surface area contributed by atoms with Crippen LogP contribution in [0.1, 0.15) is 40.5 Å². The van der Waals surface area contributed by atoms with Crippen LogP contribution >= 0.6 is 11.3 Å². The van der Waals surface area contributed by atoms with Crippen molar-refractivity contribution in [2.45, 2.75) is 32.9 Å². The molecular formula is C23H21NO4S. The molecule has 4 rings (SSSR count). The molecule has 1 unspecified atom stereocenters. The number of rotatable bonds is 5. The van der Waals surface area contributed by atoms with Gasteiger partial charge in [0.25, 0.3) is 11.7 Å². The average molecular weight is 407 g/mol. The van der Waals surface area contributed by atoms with E-state index in [1.165, 1.54) is 16.2 Å². The summed E-state index contributed by atoms with van der Waals surface area (Å²) in [5.74, 6) is -0.375. The molecule has 3 aromatic rings. The zero-order valence-electron chi connectivity index (χ0n) is 16.2. The van der Waals surface area contributed by atoms with Crippen LogP contribution in [0.5, 0.6) is 0 Å². The van der Waals surface area contributed by atoms with Gasteiger partial charge in [0.05, 0.1) is 12.1 Å². The summed E-state index contributed by atoms with van der Waals surface area (Å²) in [5.41, 5.74) is 1.69. The summed E-state index contributed by atoms with van der Waals surface area (Å²) >= 11 is 1.51. The van der Waals surface area contributed by atoms with Crippen molar-refractivity contribution in [3.8, 4) is 0 Å². The maximum Gasteiger partial charge on any atom is 0.296 e. The second-order valence-electron chi connectivity index (χ2n) is 7.01. The van der Waals surface area contributed by atoms with Crippen molar-refractivity contribution < 1.29 is 19.1 Å². The number of aryl methyl sites for hydroxylation is 2. The number of aliphatic hydroxyl groups excluding tert-OH is 1. The predicted molar refractivity (Wildman–Crippen MR) is 111 cm³/mol. The second-order valence-corrected chi connectivity index (χ2v) is 8.04. The molecule has 0 spiro atoms. The summed E-state index contributed by atoms with van der Waals surface area (Å²) in [6.45, 7) is 4.13. The Kier molecular flexibility index (Phi) is 5.11. The van der Waals surface area contributed by atoms with Gasteiger partial charge in [-0.1, -0.05) is 37.3 Å². The van der Waals surface area contributed by atoms with Crippen molar-refractivity contribution >= 4 is 28.8 Å². The number of nitrogens with zero attached hydrogens (tertiary/aromatic N) is 1. The maximum atomic E-state index is 12.9. The normalized spacial score (nSPS) is 18.6. The van der Waals surface area contributed by atoms with E-state index < -0.39 is 17.7 Å². The molecule has 1 amide bonds. The van der Waals surface area contributed by atoms with Crippen molar-refractivity contribution in [2.24, 2.45) is 0 Å². The number of Topliss-reactive ketones (excluding diaryl/α,β-unsaturated/α-hetero) is 1. The molecule has 2 aromatic heterocycles. The minimum atomic E-state index is -0.767. The Morgan fingerprint density at radius 3 is 2.48 bits per heavy atom. The topological polar surface area (TPSA) is 70.8 Å². The van der Waals surface area contributed by atoms with Crippen molar-refractivity contribution in [3.05, 3.63) is 87.0 Å². The molecule has 0 saturated carbocycles. The first-order valence-corrected chi connectivity index (χ1v) is 10.3. The lowest BCUT2D eigenvalue weighted by Gasteiger charge is -2.22. The van der Waals surface area contributed by atoms with Gasteiger partial charge in [0.15, 0.2) is 0 Å². The van der Waals surface area contributed by atoms with Crippen LogP contribution in [0.25, 0.3) is 5.76 Å². The molecule has 3 heterocycles. The van der Waals surface area contributed by atoms with Gasteiger partial charge in [-0.25, -0.2) is 0 Å². The number of carbonyl (C=O) groups is 2. The molecule has 1 aliphatic heterocycles. The van der Waals surface area contributed by atoms with Crippen molar-refractivity contribution in [2.75, 3.05) is 0 Å². The van der Waals surface area contributed by atoms with Gasteiger partial charge >= 0.3 is 0 Å². The molecular weight excluding hydrogens is 386 g/mol. The lowest BCUT2D eigenvalue weighted by atomic mass is 9.98. The van der Waals surface area contributed by atoms with Crippen molar-refractivity contribution in [3.63, 3.8) is 0 Å². The highest BCUT2D eigenvalue weighted by molar-refractivity contribution is 7.09. The van der Waals surface area contributed by atoms with Gasteiger partial charge in [0.1, 0.15) is 23.3 Å². The minimum Gasteiger partial charge on any atom is -0.507 e. The minimum absolute atomic E-state index is 0.0603. The second kappa shape index (κ2) is 7.72. The Morgan fingerprint density at radius 1 is 1.14 bits per heavy atom. The number of amides is 1. The van der Waals surface area contributed by atoms with Gasteiger partial charge in [-0.3, -0.25) is 9.59 Å². The molecule has 1 fully saturated rings. The molecule has 29 heavy (non-hydrogen) atoms. The monoisotopic (exact) mass is 407 g/mol. The van der Waals surface area contributed by atoms with E-state index in [0.29, 0.717) is 17.1 Å². The number of benzene rings is 1. The van der Waals surface area contributed by atoms with Gasteiger partial charge in [-0.05, 0) is 42.5 Å². The van der Waals surface area contributed by atoms with Crippen LogP contribution < -0.4 is 0 Å². The predicted octanol–water partition coefficient (Wildman–Crippen LogP) is 4.83. The van der Waals surface area contributed by atoms with Gasteiger partial charge in [-0.15, -0.1) is 11.3 Å². The number of likely N-dealkylation sites (tertiary alicyclic amines) is 1. The number of furan rings is 1. The van der Waals surface area contributed by atoms with Crippen molar-refractivity contribution in [1.29, 1.82) is 0 Å². The third kappa shape index (κ3) is 3.51. The zero-order valence-corrected chi connectivity index (χ0v) is 17.0. The highest BCUT2D eigenvalue weighted by Gasteiger charge is 2.47. The van der Waals surface area contributed by atoms with Crippen molar-refractivity contribution in [1.82, 2.24) is 4.90 Å². The fourth-order valence-electron chi connectivity index (χ4n) is 3.56. The molecule has 1 aromatic carbocycles. The van der Waals surface area contributed by atoms with E-state index in [1.807, 2.05) is 36.6 Å². The van der Waals surface area contributed by atoms with E-state index >= 15 is 0 Å². The zero-order chi connectivity index (χ0) is 20.5. The lowest BCUT2D eigenvalue weighted by molar-refractivity contribution is -0.140. The standard InChI is InChI=1S/C23H21NO4S/c1-3-15-7-9-16(10-8-15)21(25)19-20(18-11-6-14(2)28-18)24(23(27)22(19)26)13-17-5-4-12-29-17/h4-12,20,25H,3,13H2,1-2H3/b21-19-. The maximum absolute atomic E-state index is 12.9. The molecule has 0 aliphatic carbocycles. The first-order valence-electron chi connectivity index (χ1n) is 9.46. The van der Waals surface area contributed by atoms with Gasteiger partial charge < -0.3 is 14.4 Å². The third-order valence-electron chi connectivity index (χ3n) is 5.11. The molecule has 0 bridgehead atoms. The molecule has 1 saturated heterocycles. The molecule has 148 valence electrons. The highest BCUT2D eigenvalue weighted by atomic mass is 32.1. The van der Waals surface area contributed by atoms with E-state index in [4.69, 9.17) is 4.42 Å². The van der Waals surface area contributed by atoms with Crippen LogP contribution in [0.4, 0.5) is 0 Å². The largest absolute Gasteiger partial charge is 0.507 e. The molecule has 1 aliphatic rings. The number of ketones is 1. The fraction of sp³-hybridized carbons (Fsp3) is 0.217. The smallest absolute Gasteiger partial charge is 0.296 e. The molecule has 1 N–H and O–H groups in total. The number of aliphatic hydroxyl groups is 1. The van der Waals surface area contributed by atoms with E-state index in [2.05, 4.69) is 0 Å². The third-order valence-corrected chi connectivity index (χ3v) is 5.97. The van der Waals surface area contributed by atoms with Crippen LogP contribution in [-0.2, 0) is 22.6 Å². The average Bonchev–Trinajstić information content (AvgIpc) is 3.45. The van der Waals surface area contributed by atoms with Crippen LogP contribution in [0.3, 0.4) is 0 Å². The quantitative estimate of drug-likeness (QED) is 0.373. The number of thiophene rings is 1. The Labute approximate surface area is 172 Å². The van der Waals surface area contributed by atoms with E-state index in [-0.39, 0.29) is 17.9 Å². The SMILES string of the molecule is CCc1ccc(/C(O)=C2/C(=O)C(=O)N(Cc3cccs3)C2c2ccc(C)o2)cc1. The molecule has 1 atom stereocenters. The Bertz CT molecular complexity index is 1080. The summed E-state index contributed by atoms with van der Waals surface area (Å²) in [6, 6.07) is 13.9. The Morgan fingerprint density at radius 2 is 1.90 bits per heavy atom. The molecule has 6 heteroatoms. The molecule has 0 radical (unpaired) electrons. The lowest BCUT2D eigenvalue weighted by Crippen LogP contribution is -2.28. The van der Waals surface area contributed by atoms with Crippen LogP contribution in [0.15, 0.2) is 63.9 Å². The first kappa shape index (κ1) is 19.2. The van der Waals surface area contributed by atoms with Gasteiger partial charge in [0, 0.05) is 10.4 Å². The van der Waals surface area contributed by atoms with Crippen LogP contribution in [0, 0.1) is 6.92 Å². The van der Waals surface area contributed by atoms with Crippen LogP contribution in [-0.4, -0.2) is 21.7 Å². The van der Waals surface area contributed by atoms with Gasteiger partial charge in [0.2, 0.25) is 0 Å². The van der Waals surface area contributed by atoms with E-state index in [1.54, 1.807) is 31.2 Å². The van der Waals surface area contributed by atoms with Crippen LogP contribution in [0.2, 0.25) is 0 Å². The fourth-order valence-corrected chi connectivity index (χ4v) is 4.27. The Balaban J connectivity index is 1.83. The summed E-state index contributed by atoms with van der Waals surface area (Å²) in [6.07, 6.45) is 0.873. The summed E-state index contributed by atoms with van der Waals surface area (Å²) in [4.78, 5) is 28.2. The summed E-state index contributed by atoms with van der Waals surface area (Å²) in [5, 5.41) is 12.9. The summed E-state index contributed by atoms with van der Waals surface area (Å²) < 4.78 is 5.78. The Hall–Kier alpha value is -3.12.